The minimum Gasteiger partial charge on any atom is -0.336 e. The van der Waals surface area contributed by atoms with Crippen molar-refractivity contribution in [2.24, 2.45) is 0 Å². The number of carbonyl (C=O) groups is 4. The maximum atomic E-state index is 12.2. The van der Waals surface area contributed by atoms with E-state index in [2.05, 4.69) is 5.32 Å². The standard InChI is InChI=1S/C12H18N4O4.ClH/c1-7-8(2)15(5-4-13-7)9(17)6-16-11(19)10(18)14(3)12(16)20;/h7-8,13H,4-6H2,1-3H3;1H. The summed E-state index contributed by atoms with van der Waals surface area (Å²) >= 11 is 0. The van der Waals surface area contributed by atoms with Gasteiger partial charge in [-0.2, -0.15) is 0 Å². The average Bonchev–Trinajstić information content (AvgIpc) is 2.59. The van der Waals surface area contributed by atoms with Gasteiger partial charge in [-0.1, -0.05) is 0 Å². The number of hydrogen-bond donors (Lipinski definition) is 1. The third-order valence-corrected chi connectivity index (χ3v) is 3.90. The molecular weight excluding hydrogens is 300 g/mol. The molecule has 21 heavy (non-hydrogen) atoms. The van der Waals surface area contributed by atoms with E-state index in [0.29, 0.717) is 18.0 Å². The number of imide groups is 2. The van der Waals surface area contributed by atoms with Gasteiger partial charge in [0.1, 0.15) is 6.54 Å². The van der Waals surface area contributed by atoms with Crippen LogP contribution in [0.1, 0.15) is 13.8 Å². The fourth-order valence-corrected chi connectivity index (χ4v) is 2.39. The van der Waals surface area contributed by atoms with E-state index >= 15 is 0 Å². The molecule has 2 unspecified atom stereocenters. The maximum absolute atomic E-state index is 12.2. The predicted molar refractivity (Wildman–Crippen MR) is 75.8 cm³/mol. The molecule has 2 fully saturated rings. The number of nitrogens with zero attached hydrogens (tertiary/aromatic N) is 3. The number of amides is 5. The summed E-state index contributed by atoms with van der Waals surface area (Å²) in [6.45, 7) is 4.67. The van der Waals surface area contributed by atoms with Crippen LogP contribution in [0.15, 0.2) is 0 Å². The van der Waals surface area contributed by atoms with Crippen LogP contribution < -0.4 is 5.32 Å². The summed E-state index contributed by atoms with van der Waals surface area (Å²) in [6, 6.07) is -0.635. The molecule has 2 heterocycles. The molecule has 0 bridgehead atoms. The fraction of sp³-hybridized carbons (Fsp3) is 0.667. The lowest BCUT2D eigenvalue weighted by molar-refractivity contribution is -0.145. The smallest absolute Gasteiger partial charge is 0.334 e. The SMILES string of the molecule is CC1NCCN(C(=O)CN2C(=O)C(=O)N(C)C2=O)C1C.Cl. The normalized spacial score (nSPS) is 26.2. The molecule has 2 aliphatic heterocycles. The number of halogens is 1. The number of urea groups is 1. The van der Waals surface area contributed by atoms with Gasteiger partial charge in [-0.05, 0) is 13.8 Å². The van der Waals surface area contributed by atoms with E-state index in [0.717, 1.165) is 4.90 Å². The number of nitrogens with one attached hydrogen (secondary N) is 1. The van der Waals surface area contributed by atoms with E-state index in [1.807, 2.05) is 13.8 Å². The van der Waals surface area contributed by atoms with Crippen LogP contribution in [0.25, 0.3) is 0 Å². The lowest BCUT2D eigenvalue weighted by Crippen LogP contribution is -2.59. The van der Waals surface area contributed by atoms with Gasteiger partial charge in [0.25, 0.3) is 0 Å². The summed E-state index contributed by atoms with van der Waals surface area (Å²) in [6.07, 6.45) is 0. The highest BCUT2D eigenvalue weighted by Gasteiger charge is 2.44. The lowest BCUT2D eigenvalue weighted by Gasteiger charge is -2.39. The van der Waals surface area contributed by atoms with Gasteiger partial charge >= 0.3 is 17.8 Å². The van der Waals surface area contributed by atoms with Gasteiger partial charge in [0.15, 0.2) is 0 Å². The van der Waals surface area contributed by atoms with Crippen LogP contribution >= 0.6 is 12.4 Å². The summed E-state index contributed by atoms with van der Waals surface area (Å²) in [5.74, 6) is -2.16. The quantitative estimate of drug-likeness (QED) is 0.523. The van der Waals surface area contributed by atoms with Gasteiger partial charge in [-0.25, -0.2) is 9.69 Å². The van der Waals surface area contributed by atoms with E-state index in [4.69, 9.17) is 0 Å². The van der Waals surface area contributed by atoms with Crippen molar-refractivity contribution in [3.8, 4) is 0 Å². The first-order chi connectivity index (χ1) is 9.34. The Labute approximate surface area is 128 Å². The van der Waals surface area contributed by atoms with E-state index in [-0.39, 0.29) is 36.9 Å². The highest BCUT2D eigenvalue weighted by atomic mass is 35.5. The fourth-order valence-electron chi connectivity index (χ4n) is 2.39. The second-order valence-corrected chi connectivity index (χ2v) is 5.11. The average molecular weight is 319 g/mol. The van der Waals surface area contributed by atoms with Crippen molar-refractivity contribution in [2.45, 2.75) is 25.9 Å². The van der Waals surface area contributed by atoms with E-state index < -0.39 is 17.8 Å². The molecule has 0 saturated carbocycles. The summed E-state index contributed by atoms with van der Waals surface area (Å²) in [5, 5.41) is 3.24. The Balaban J connectivity index is 0.00000220. The third-order valence-electron chi connectivity index (χ3n) is 3.90. The zero-order valence-electron chi connectivity index (χ0n) is 12.2. The van der Waals surface area contributed by atoms with Gasteiger partial charge in [0, 0.05) is 32.2 Å². The largest absolute Gasteiger partial charge is 0.336 e. The lowest BCUT2D eigenvalue weighted by atomic mass is 10.1. The topological polar surface area (TPSA) is 90.0 Å². The van der Waals surface area contributed by atoms with E-state index in [1.165, 1.54) is 7.05 Å². The van der Waals surface area contributed by atoms with Crippen molar-refractivity contribution >= 4 is 36.2 Å². The van der Waals surface area contributed by atoms with Crippen LogP contribution in [0.4, 0.5) is 4.79 Å². The molecule has 5 amide bonds. The monoisotopic (exact) mass is 318 g/mol. The molecule has 0 spiro atoms. The van der Waals surface area contributed by atoms with Crippen LogP contribution in [0.5, 0.6) is 0 Å². The first-order valence-electron chi connectivity index (χ1n) is 6.51. The number of likely N-dealkylation sites (N-methyl/N-ethyl adjacent to an activating group) is 1. The van der Waals surface area contributed by atoms with Gasteiger partial charge in [0.05, 0.1) is 0 Å². The highest BCUT2D eigenvalue weighted by molar-refractivity contribution is 6.44. The second-order valence-electron chi connectivity index (χ2n) is 5.11. The zero-order valence-corrected chi connectivity index (χ0v) is 13.0. The number of carbonyl (C=O) groups excluding carboxylic acids is 4. The van der Waals surface area contributed by atoms with E-state index in [9.17, 15) is 19.2 Å². The van der Waals surface area contributed by atoms with Crippen molar-refractivity contribution in [2.75, 3.05) is 26.7 Å². The molecule has 9 heteroatoms. The molecule has 0 aromatic rings. The minimum atomic E-state index is -0.943. The van der Waals surface area contributed by atoms with Crippen molar-refractivity contribution in [1.29, 1.82) is 0 Å². The maximum Gasteiger partial charge on any atom is 0.334 e. The number of hydrogen-bond acceptors (Lipinski definition) is 5. The molecule has 0 aromatic carbocycles. The molecule has 8 nitrogen and oxygen atoms in total. The van der Waals surface area contributed by atoms with Crippen LogP contribution in [0.3, 0.4) is 0 Å². The molecule has 0 aliphatic carbocycles. The Kier molecular flexibility index (Phi) is 5.30. The van der Waals surface area contributed by atoms with Crippen LogP contribution in [0, 0.1) is 0 Å². The van der Waals surface area contributed by atoms with Crippen molar-refractivity contribution in [3.63, 3.8) is 0 Å². The first kappa shape index (κ1) is 17.4. The van der Waals surface area contributed by atoms with Crippen LogP contribution in [-0.4, -0.2) is 77.2 Å². The molecule has 1 N–H and O–H groups in total. The Hall–Kier alpha value is -1.67. The van der Waals surface area contributed by atoms with Crippen molar-refractivity contribution in [3.05, 3.63) is 0 Å². The van der Waals surface area contributed by atoms with Crippen LogP contribution in [-0.2, 0) is 14.4 Å². The molecule has 2 saturated heterocycles. The molecule has 2 aliphatic rings. The van der Waals surface area contributed by atoms with Crippen LogP contribution in [0.2, 0.25) is 0 Å². The Morgan fingerprint density at radius 2 is 1.86 bits per heavy atom. The Morgan fingerprint density at radius 3 is 2.38 bits per heavy atom. The number of piperazine rings is 1. The summed E-state index contributed by atoms with van der Waals surface area (Å²) in [4.78, 5) is 50.0. The van der Waals surface area contributed by atoms with Crippen molar-refractivity contribution in [1.82, 2.24) is 20.0 Å². The van der Waals surface area contributed by atoms with Gasteiger partial charge in [-0.3, -0.25) is 19.3 Å². The second kappa shape index (κ2) is 6.40. The van der Waals surface area contributed by atoms with Crippen molar-refractivity contribution < 1.29 is 19.2 Å². The molecule has 118 valence electrons. The van der Waals surface area contributed by atoms with E-state index in [1.54, 1.807) is 4.90 Å². The third kappa shape index (κ3) is 3.01. The van der Waals surface area contributed by atoms with Gasteiger partial charge in [0.2, 0.25) is 5.91 Å². The molecule has 2 atom stereocenters. The summed E-state index contributed by atoms with van der Waals surface area (Å²) in [5.41, 5.74) is 0. The molecular formula is C12H19ClN4O4. The predicted octanol–water partition coefficient (Wildman–Crippen LogP) is -0.962. The molecule has 2 rings (SSSR count). The zero-order chi connectivity index (χ0) is 15.0. The molecule has 0 radical (unpaired) electrons. The highest BCUT2D eigenvalue weighted by Crippen LogP contribution is 2.13. The Morgan fingerprint density at radius 1 is 1.24 bits per heavy atom. The molecule has 0 aromatic heterocycles. The first-order valence-corrected chi connectivity index (χ1v) is 6.51. The number of rotatable bonds is 2. The summed E-state index contributed by atoms with van der Waals surface area (Å²) in [7, 11) is 1.22. The minimum absolute atomic E-state index is 0. The Bertz CT molecular complexity index is 484. The summed E-state index contributed by atoms with van der Waals surface area (Å²) < 4.78 is 0. The van der Waals surface area contributed by atoms with Gasteiger partial charge < -0.3 is 10.2 Å². The van der Waals surface area contributed by atoms with Gasteiger partial charge in [-0.15, -0.1) is 12.4 Å².